The Morgan fingerprint density at radius 2 is 2.31 bits per heavy atom. The molecule has 1 atom stereocenters. The van der Waals surface area contributed by atoms with E-state index in [0.29, 0.717) is 5.78 Å². The molecule has 0 aromatic rings. The Labute approximate surface area is 98.5 Å². The minimum absolute atomic E-state index is 0.197. The van der Waals surface area contributed by atoms with Gasteiger partial charge in [0, 0.05) is 0 Å². The molecular formula is C14H23NO. The smallest absolute Gasteiger partial charge is 0.178 e. The molecular weight excluding hydrogens is 198 g/mol. The van der Waals surface area contributed by atoms with Gasteiger partial charge in [0.05, 0.1) is 5.54 Å². The highest BCUT2D eigenvalue weighted by Gasteiger charge is 2.40. The summed E-state index contributed by atoms with van der Waals surface area (Å²) in [6.07, 6.45) is 11.0. The fourth-order valence-electron chi connectivity index (χ4n) is 3.11. The maximum absolute atomic E-state index is 12.6. The highest BCUT2D eigenvalue weighted by atomic mass is 16.1. The third-order valence-corrected chi connectivity index (χ3v) is 3.94. The topological polar surface area (TPSA) is 29.1 Å². The summed E-state index contributed by atoms with van der Waals surface area (Å²) in [5, 5.41) is 3.48. The van der Waals surface area contributed by atoms with Gasteiger partial charge >= 0.3 is 0 Å². The van der Waals surface area contributed by atoms with Crippen LogP contribution in [0.1, 0.15) is 58.3 Å². The van der Waals surface area contributed by atoms with Gasteiger partial charge in [-0.2, -0.15) is 0 Å². The lowest BCUT2D eigenvalue weighted by Crippen LogP contribution is -2.48. The Kier molecular flexibility index (Phi) is 3.80. The number of Topliss-reactive ketones (excluding diaryl/α,β-unsaturated/α-hetero) is 1. The molecule has 1 heterocycles. The van der Waals surface area contributed by atoms with Crippen LogP contribution < -0.4 is 5.32 Å². The van der Waals surface area contributed by atoms with E-state index >= 15 is 0 Å². The van der Waals surface area contributed by atoms with Crippen molar-refractivity contribution in [2.24, 2.45) is 0 Å². The van der Waals surface area contributed by atoms with Crippen LogP contribution in [0.2, 0.25) is 0 Å². The number of hydrogen-bond acceptors (Lipinski definition) is 2. The minimum atomic E-state index is -0.197. The van der Waals surface area contributed by atoms with Gasteiger partial charge in [-0.3, -0.25) is 4.79 Å². The van der Waals surface area contributed by atoms with Gasteiger partial charge in [-0.25, -0.2) is 0 Å². The molecule has 0 radical (unpaired) electrons. The first-order valence-electron chi connectivity index (χ1n) is 6.77. The Balaban J connectivity index is 2.13. The lowest BCUT2D eigenvalue weighted by Gasteiger charge is -2.29. The molecule has 0 bridgehead atoms. The summed E-state index contributed by atoms with van der Waals surface area (Å²) in [7, 11) is 0. The molecule has 1 fully saturated rings. The Bertz CT molecular complexity index is 287. The van der Waals surface area contributed by atoms with E-state index in [4.69, 9.17) is 0 Å². The second kappa shape index (κ2) is 5.13. The molecule has 1 unspecified atom stereocenters. The average molecular weight is 221 g/mol. The third kappa shape index (κ3) is 2.22. The molecule has 2 heteroatoms. The van der Waals surface area contributed by atoms with Gasteiger partial charge < -0.3 is 5.32 Å². The molecule has 1 aliphatic carbocycles. The SMILES string of the molecule is CCCC1(C(=O)C2=CCCCC2)CCCN1. The molecule has 16 heavy (non-hydrogen) atoms. The van der Waals surface area contributed by atoms with Crippen molar-refractivity contribution >= 4 is 5.78 Å². The van der Waals surface area contributed by atoms with Crippen molar-refractivity contribution in [2.45, 2.75) is 63.8 Å². The van der Waals surface area contributed by atoms with Crippen LogP contribution >= 0.6 is 0 Å². The Morgan fingerprint density at radius 1 is 1.44 bits per heavy atom. The molecule has 0 saturated carbocycles. The molecule has 0 amide bonds. The van der Waals surface area contributed by atoms with E-state index in [9.17, 15) is 4.79 Å². The molecule has 0 aromatic carbocycles. The summed E-state index contributed by atoms with van der Waals surface area (Å²) in [6.45, 7) is 3.18. The van der Waals surface area contributed by atoms with Crippen LogP contribution in [0.4, 0.5) is 0 Å². The lowest BCUT2D eigenvalue weighted by molar-refractivity contribution is -0.121. The molecule has 2 aliphatic rings. The summed E-state index contributed by atoms with van der Waals surface area (Å²) in [4.78, 5) is 12.6. The van der Waals surface area contributed by atoms with Crippen LogP contribution in [0.25, 0.3) is 0 Å². The maximum atomic E-state index is 12.6. The van der Waals surface area contributed by atoms with Crippen molar-refractivity contribution in [3.05, 3.63) is 11.6 Å². The van der Waals surface area contributed by atoms with Crippen LogP contribution in [0.15, 0.2) is 11.6 Å². The normalized spacial score (nSPS) is 30.2. The number of carbonyl (C=O) groups is 1. The monoisotopic (exact) mass is 221 g/mol. The second-order valence-corrected chi connectivity index (χ2v) is 5.17. The van der Waals surface area contributed by atoms with Crippen molar-refractivity contribution in [3.63, 3.8) is 0 Å². The highest BCUT2D eigenvalue weighted by Crippen LogP contribution is 2.31. The average Bonchev–Trinajstić information content (AvgIpc) is 2.80. The van der Waals surface area contributed by atoms with Gasteiger partial charge in [0.15, 0.2) is 5.78 Å². The lowest BCUT2D eigenvalue weighted by atomic mass is 9.81. The van der Waals surface area contributed by atoms with Crippen molar-refractivity contribution in [1.82, 2.24) is 5.32 Å². The summed E-state index contributed by atoms with van der Waals surface area (Å²) in [5.41, 5.74) is 0.909. The van der Waals surface area contributed by atoms with Crippen LogP contribution in [0.5, 0.6) is 0 Å². The number of ketones is 1. The quantitative estimate of drug-likeness (QED) is 0.790. The first-order valence-corrected chi connectivity index (χ1v) is 6.77. The predicted molar refractivity (Wildman–Crippen MR) is 66.4 cm³/mol. The van der Waals surface area contributed by atoms with Crippen LogP contribution in [0, 0.1) is 0 Å². The van der Waals surface area contributed by atoms with E-state index in [0.717, 1.165) is 50.6 Å². The number of rotatable bonds is 4. The summed E-state index contributed by atoms with van der Waals surface area (Å²) in [6, 6.07) is 0. The van der Waals surface area contributed by atoms with Gasteiger partial charge in [0.1, 0.15) is 0 Å². The van der Waals surface area contributed by atoms with E-state index in [1.807, 2.05) is 0 Å². The molecule has 2 nitrogen and oxygen atoms in total. The van der Waals surface area contributed by atoms with E-state index in [2.05, 4.69) is 18.3 Å². The first kappa shape index (κ1) is 11.8. The minimum Gasteiger partial charge on any atom is -0.305 e. The standard InChI is InChI=1S/C14H23NO/c1-2-9-14(10-6-11-15-14)13(16)12-7-4-3-5-8-12/h7,15H,2-6,8-11H2,1H3. The second-order valence-electron chi connectivity index (χ2n) is 5.17. The van der Waals surface area contributed by atoms with Gasteiger partial charge in [-0.15, -0.1) is 0 Å². The van der Waals surface area contributed by atoms with Crippen LogP contribution in [-0.2, 0) is 4.79 Å². The number of carbonyl (C=O) groups excluding carboxylic acids is 1. The zero-order valence-electron chi connectivity index (χ0n) is 10.3. The van der Waals surface area contributed by atoms with E-state index < -0.39 is 0 Å². The van der Waals surface area contributed by atoms with Crippen molar-refractivity contribution in [1.29, 1.82) is 0 Å². The molecule has 1 saturated heterocycles. The number of nitrogens with one attached hydrogen (secondary N) is 1. The van der Waals surface area contributed by atoms with Gasteiger partial charge in [-0.05, 0) is 57.1 Å². The molecule has 0 aromatic heterocycles. The maximum Gasteiger partial charge on any atom is 0.178 e. The predicted octanol–water partition coefficient (Wildman–Crippen LogP) is 2.98. The fraction of sp³-hybridized carbons (Fsp3) is 0.786. The highest BCUT2D eigenvalue weighted by molar-refractivity contribution is 6.03. The summed E-state index contributed by atoms with van der Waals surface area (Å²) in [5.74, 6) is 0.409. The number of allylic oxidation sites excluding steroid dienone is 1. The van der Waals surface area contributed by atoms with E-state index in [1.165, 1.54) is 12.8 Å². The largest absolute Gasteiger partial charge is 0.305 e. The van der Waals surface area contributed by atoms with E-state index in [-0.39, 0.29) is 5.54 Å². The third-order valence-electron chi connectivity index (χ3n) is 3.94. The molecule has 1 aliphatic heterocycles. The summed E-state index contributed by atoms with van der Waals surface area (Å²) < 4.78 is 0. The zero-order valence-corrected chi connectivity index (χ0v) is 10.3. The van der Waals surface area contributed by atoms with Crippen molar-refractivity contribution in [2.75, 3.05) is 6.54 Å². The molecule has 90 valence electrons. The van der Waals surface area contributed by atoms with E-state index in [1.54, 1.807) is 0 Å². The van der Waals surface area contributed by atoms with Gasteiger partial charge in [0.2, 0.25) is 0 Å². The molecule has 1 N–H and O–H groups in total. The first-order chi connectivity index (χ1) is 7.78. The van der Waals surface area contributed by atoms with Crippen molar-refractivity contribution < 1.29 is 4.79 Å². The molecule has 2 rings (SSSR count). The Hall–Kier alpha value is -0.630. The zero-order chi connectivity index (χ0) is 11.4. The number of hydrogen-bond donors (Lipinski definition) is 1. The van der Waals surface area contributed by atoms with Crippen LogP contribution in [0.3, 0.4) is 0 Å². The van der Waals surface area contributed by atoms with Gasteiger partial charge in [-0.1, -0.05) is 19.4 Å². The Morgan fingerprint density at radius 3 is 2.88 bits per heavy atom. The molecule has 0 spiro atoms. The fourth-order valence-corrected chi connectivity index (χ4v) is 3.11. The van der Waals surface area contributed by atoms with Crippen LogP contribution in [-0.4, -0.2) is 17.9 Å². The van der Waals surface area contributed by atoms with Crippen molar-refractivity contribution in [3.8, 4) is 0 Å². The van der Waals surface area contributed by atoms with Gasteiger partial charge in [0.25, 0.3) is 0 Å². The summed E-state index contributed by atoms with van der Waals surface area (Å²) >= 11 is 0.